The number of hydrogen-bond acceptors (Lipinski definition) is 3. The molecule has 2 aromatic carbocycles. The molecule has 0 atom stereocenters. The standard InChI is InChI=1S/C20H19Cl2N3O2/c21-15-5-3-14(4-6-15)19-12-18(2-1-11-26)25(24-19)13-20(27)23-17-9-7-16(22)8-10-17/h3-10,12,26H,1-2,11,13H2,(H,23,27). The summed E-state index contributed by atoms with van der Waals surface area (Å²) in [6, 6.07) is 16.2. The highest BCUT2D eigenvalue weighted by Gasteiger charge is 2.13. The summed E-state index contributed by atoms with van der Waals surface area (Å²) in [6.45, 7) is 0.162. The number of aliphatic hydroxyl groups excluding tert-OH is 1. The van der Waals surface area contributed by atoms with Crippen molar-refractivity contribution in [3.8, 4) is 11.3 Å². The molecule has 0 bridgehead atoms. The molecular formula is C20H19Cl2N3O2. The van der Waals surface area contributed by atoms with E-state index in [1.54, 1.807) is 41.1 Å². The van der Waals surface area contributed by atoms with Crippen LogP contribution in [-0.4, -0.2) is 27.4 Å². The van der Waals surface area contributed by atoms with Crippen LogP contribution in [0.3, 0.4) is 0 Å². The molecule has 2 N–H and O–H groups in total. The quantitative estimate of drug-likeness (QED) is 0.613. The summed E-state index contributed by atoms with van der Waals surface area (Å²) in [7, 11) is 0. The van der Waals surface area contributed by atoms with Gasteiger partial charge in [0.15, 0.2) is 0 Å². The number of halogens is 2. The lowest BCUT2D eigenvalue weighted by molar-refractivity contribution is -0.116. The number of anilines is 1. The number of nitrogens with one attached hydrogen (secondary N) is 1. The second-order valence-electron chi connectivity index (χ2n) is 6.07. The average molecular weight is 404 g/mol. The Labute approximate surface area is 167 Å². The van der Waals surface area contributed by atoms with Crippen LogP contribution in [0.1, 0.15) is 12.1 Å². The summed E-state index contributed by atoms with van der Waals surface area (Å²) in [6.07, 6.45) is 1.23. The molecule has 27 heavy (non-hydrogen) atoms. The summed E-state index contributed by atoms with van der Waals surface area (Å²) in [5, 5.41) is 17.8. The molecule has 0 aliphatic heterocycles. The van der Waals surface area contributed by atoms with Crippen molar-refractivity contribution in [2.75, 3.05) is 11.9 Å². The topological polar surface area (TPSA) is 67.2 Å². The van der Waals surface area contributed by atoms with E-state index < -0.39 is 0 Å². The fourth-order valence-electron chi connectivity index (χ4n) is 2.69. The third kappa shape index (κ3) is 5.32. The molecule has 1 amide bonds. The number of aromatic nitrogens is 2. The smallest absolute Gasteiger partial charge is 0.246 e. The maximum absolute atomic E-state index is 12.4. The Bertz CT molecular complexity index is 906. The van der Waals surface area contributed by atoms with Crippen LogP contribution in [-0.2, 0) is 17.8 Å². The Morgan fingerprint density at radius 3 is 2.30 bits per heavy atom. The van der Waals surface area contributed by atoms with Crippen molar-refractivity contribution < 1.29 is 9.90 Å². The van der Waals surface area contributed by atoms with Gasteiger partial charge in [-0.15, -0.1) is 0 Å². The number of carbonyl (C=O) groups is 1. The normalized spacial score (nSPS) is 10.8. The summed E-state index contributed by atoms with van der Waals surface area (Å²) in [4.78, 5) is 12.4. The van der Waals surface area contributed by atoms with Crippen molar-refractivity contribution in [1.29, 1.82) is 0 Å². The molecule has 7 heteroatoms. The van der Waals surface area contributed by atoms with Crippen LogP contribution >= 0.6 is 23.2 Å². The zero-order valence-corrected chi connectivity index (χ0v) is 16.0. The molecule has 0 aliphatic carbocycles. The van der Waals surface area contributed by atoms with Gasteiger partial charge in [-0.25, -0.2) is 0 Å². The highest BCUT2D eigenvalue weighted by atomic mass is 35.5. The van der Waals surface area contributed by atoms with Crippen molar-refractivity contribution in [2.45, 2.75) is 19.4 Å². The highest BCUT2D eigenvalue weighted by molar-refractivity contribution is 6.30. The first-order valence-electron chi connectivity index (χ1n) is 8.54. The predicted molar refractivity (Wildman–Crippen MR) is 108 cm³/mol. The number of amides is 1. The molecule has 1 heterocycles. The highest BCUT2D eigenvalue weighted by Crippen LogP contribution is 2.22. The number of benzene rings is 2. The molecule has 0 aliphatic rings. The third-order valence-electron chi connectivity index (χ3n) is 4.02. The third-order valence-corrected chi connectivity index (χ3v) is 4.52. The first-order valence-corrected chi connectivity index (χ1v) is 9.29. The van der Waals surface area contributed by atoms with Crippen molar-refractivity contribution >= 4 is 34.8 Å². The van der Waals surface area contributed by atoms with E-state index in [2.05, 4.69) is 10.4 Å². The van der Waals surface area contributed by atoms with Crippen molar-refractivity contribution in [1.82, 2.24) is 9.78 Å². The van der Waals surface area contributed by atoms with Crippen molar-refractivity contribution in [3.63, 3.8) is 0 Å². The van der Waals surface area contributed by atoms with E-state index in [-0.39, 0.29) is 19.1 Å². The van der Waals surface area contributed by atoms with Gasteiger partial charge in [-0.2, -0.15) is 5.10 Å². The van der Waals surface area contributed by atoms with Gasteiger partial charge in [0.1, 0.15) is 6.54 Å². The monoisotopic (exact) mass is 403 g/mol. The minimum absolute atomic E-state index is 0.0803. The largest absolute Gasteiger partial charge is 0.396 e. The molecule has 0 saturated heterocycles. The van der Waals surface area contributed by atoms with Crippen molar-refractivity contribution in [2.24, 2.45) is 0 Å². The van der Waals surface area contributed by atoms with Gasteiger partial charge in [0.05, 0.1) is 5.69 Å². The lowest BCUT2D eigenvalue weighted by atomic mass is 10.1. The Kier molecular flexibility index (Phi) is 6.50. The minimum atomic E-state index is -0.187. The van der Waals surface area contributed by atoms with Gasteiger partial charge in [0.2, 0.25) is 5.91 Å². The van der Waals surface area contributed by atoms with Gasteiger partial charge >= 0.3 is 0 Å². The fourth-order valence-corrected chi connectivity index (χ4v) is 2.94. The lowest BCUT2D eigenvalue weighted by Crippen LogP contribution is -2.21. The van der Waals surface area contributed by atoms with Crippen LogP contribution < -0.4 is 5.32 Å². The molecule has 0 saturated carbocycles. The van der Waals surface area contributed by atoms with Gasteiger partial charge in [-0.05, 0) is 55.3 Å². The Balaban J connectivity index is 1.78. The summed E-state index contributed by atoms with van der Waals surface area (Å²) in [5.74, 6) is -0.187. The number of rotatable bonds is 7. The second-order valence-corrected chi connectivity index (χ2v) is 6.94. The Hall–Kier alpha value is -2.34. The van der Waals surface area contributed by atoms with Crippen LogP contribution in [0.15, 0.2) is 54.6 Å². The van der Waals surface area contributed by atoms with E-state index in [1.807, 2.05) is 18.2 Å². The van der Waals surface area contributed by atoms with Crippen molar-refractivity contribution in [3.05, 3.63) is 70.3 Å². The first-order chi connectivity index (χ1) is 13.0. The molecule has 1 aromatic heterocycles. The van der Waals surface area contributed by atoms with Crippen LogP contribution in [0.25, 0.3) is 11.3 Å². The molecule has 0 fully saturated rings. The van der Waals surface area contributed by atoms with Gasteiger partial charge in [0.25, 0.3) is 0 Å². The SMILES string of the molecule is O=C(Cn1nc(-c2ccc(Cl)cc2)cc1CCCO)Nc1ccc(Cl)cc1. The molecule has 0 spiro atoms. The maximum Gasteiger partial charge on any atom is 0.246 e. The molecule has 140 valence electrons. The average Bonchev–Trinajstić information content (AvgIpc) is 3.05. The zero-order chi connectivity index (χ0) is 19.2. The minimum Gasteiger partial charge on any atom is -0.396 e. The number of hydrogen-bond donors (Lipinski definition) is 2. The Morgan fingerprint density at radius 2 is 1.67 bits per heavy atom. The molecule has 0 unspecified atom stereocenters. The predicted octanol–water partition coefficient (Wildman–Crippen LogP) is 4.42. The summed E-state index contributed by atoms with van der Waals surface area (Å²) >= 11 is 11.8. The van der Waals surface area contributed by atoms with E-state index >= 15 is 0 Å². The molecule has 5 nitrogen and oxygen atoms in total. The van der Waals surface area contributed by atoms with E-state index in [0.29, 0.717) is 28.6 Å². The van der Waals surface area contributed by atoms with E-state index in [1.165, 1.54) is 0 Å². The van der Waals surface area contributed by atoms with E-state index in [0.717, 1.165) is 17.0 Å². The van der Waals surface area contributed by atoms with Crippen LogP contribution in [0.2, 0.25) is 10.0 Å². The molecule has 0 radical (unpaired) electrons. The van der Waals surface area contributed by atoms with Gasteiger partial charge in [-0.1, -0.05) is 35.3 Å². The molecule has 3 rings (SSSR count). The second kappa shape index (κ2) is 9.04. The number of nitrogens with zero attached hydrogens (tertiary/aromatic N) is 2. The summed E-state index contributed by atoms with van der Waals surface area (Å²) < 4.78 is 1.67. The number of aryl methyl sites for hydroxylation is 1. The van der Waals surface area contributed by atoms with Crippen LogP contribution in [0, 0.1) is 0 Å². The van der Waals surface area contributed by atoms with Gasteiger partial charge in [0, 0.05) is 33.6 Å². The fraction of sp³-hybridized carbons (Fsp3) is 0.200. The first kappa shape index (κ1) is 19.4. The van der Waals surface area contributed by atoms with E-state index in [9.17, 15) is 4.79 Å². The van der Waals surface area contributed by atoms with E-state index in [4.69, 9.17) is 28.3 Å². The maximum atomic E-state index is 12.4. The Morgan fingerprint density at radius 1 is 1.04 bits per heavy atom. The molecular weight excluding hydrogens is 385 g/mol. The van der Waals surface area contributed by atoms with Gasteiger partial charge < -0.3 is 10.4 Å². The molecule has 3 aromatic rings. The zero-order valence-electron chi connectivity index (χ0n) is 14.5. The van der Waals surface area contributed by atoms with Gasteiger partial charge in [-0.3, -0.25) is 9.48 Å². The summed E-state index contributed by atoms with van der Waals surface area (Å²) in [5.41, 5.74) is 3.24. The number of aliphatic hydroxyl groups is 1. The van der Waals surface area contributed by atoms with Crippen LogP contribution in [0.5, 0.6) is 0 Å². The van der Waals surface area contributed by atoms with Crippen LogP contribution in [0.4, 0.5) is 5.69 Å². The number of carbonyl (C=O) groups excluding carboxylic acids is 1. The lowest BCUT2D eigenvalue weighted by Gasteiger charge is -2.08.